The maximum atomic E-state index is 11.8. The van der Waals surface area contributed by atoms with Gasteiger partial charge in [0.15, 0.2) is 0 Å². The van der Waals surface area contributed by atoms with Crippen LogP contribution >= 0.6 is 28.3 Å². The van der Waals surface area contributed by atoms with E-state index in [1.54, 1.807) is 24.3 Å². The SMILES string of the molecule is COC(CN)CC(=O)NCCNC(=O)c1ccc(Br)cc1.Cl. The Morgan fingerprint density at radius 2 is 1.82 bits per heavy atom. The topological polar surface area (TPSA) is 93.4 Å². The first kappa shape index (κ1) is 20.9. The zero-order chi connectivity index (χ0) is 15.7. The van der Waals surface area contributed by atoms with Crippen molar-refractivity contribution < 1.29 is 14.3 Å². The summed E-state index contributed by atoms with van der Waals surface area (Å²) in [4.78, 5) is 23.4. The van der Waals surface area contributed by atoms with E-state index in [0.29, 0.717) is 25.2 Å². The molecule has 0 saturated heterocycles. The van der Waals surface area contributed by atoms with Gasteiger partial charge in [-0.2, -0.15) is 0 Å². The highest BCUT2D eigenvalue weighted by atomic mass is 79.9. The molecular formula is C14H21BrClN3O3. The van der Waals surface area contributed by atoms with Crippen molar-refractivity contribution in [2.24, 2.45) is 5.73 Å². The fourth-order valence-electron chi connectivity index (χ4n) is 1.62. The summed E-state index contributed by atoms with van der Waals surface area (Å²) in [5.74, 6) is -0.321. The van der Waals surface area contributed by atoms with Crippen molar-refractivity contribution in [3.63, 3.8) is 0 Å². The third-order valence-corrected chi connectivity index (χ3v) is 3.38. The molecule has 1 unspecified atom stereocenters. The number of benzene rings is 1. The fourth-order valence-corrected chi connectivity index (χ4v) is 1.89. The number of methoxy groups -OCH3 is 1. The zero-order valence-corrected chi connectivity index (χ0v) is 14.7. The van der Waals surface area contributed by atoms with E-state index in [9.17, 15) is 9.59 Å². The van der Waals surface area contributed by atoms with Gasteiger partial charge in [-0.3, -0.25) is 9.59 Å². The maximum absolute atomic E-state index is 11.8. The summed E-state index contributed by atoms with van der Waals surface area (Å²) in [6.07, 6.45) is -0.0597. The zero-order valence-electron chi connectivity index (χ0n) is 12.3. The van der Waals surface area contributed by atoms with E-state index in [4.69, 9.17) is 10.5 Å². The number of amides is 2. The minimum absolute atomic E-state index is 0. The molecule has 0 aliphatic carbocycles. The van der Waals surface area contributed by atoms with Crippen LogP contribution in [0.25, 0.3) is 0 Å². The van der Waals surface area contributed by atoms with Crippen molar-refractivity contribution in [1.29, 1.82) is 0 Å². The number of nitrogens with one attached hydrogen (secondary N) is 2. The van der Waals surface area contributed by atoms with Crippen molar-refractivity contribution in [1.82, 2.24) is 10.6 Å². The number of nitrogens with two attached hydrogens (primary N) is 1. The molecule has 1 aromatic rings. The number of hydrogen-bond acceptors (Lipinski definition) is 4. The molecule has 0 spiro atoms. The molecule has 0 heterocycles. The first-order valence-corrected chi connectivity index (χ1v) is 7.39. The molecule has 2 amide bonds. The lowest BCUT2D eigenvalue weighted by Gasteiger charge is -2.12. The minimum atomic E-state index is -0.276. The van der Waals surface area contributed by atoms with Crippen molar-refractivity contribution in [3.05, 3.63) is 34.3 Å². The summed E-state index contributed by atoms with van der Waals surface area (Å²) in [7, 11) is 1.52. The summed E-state index contributed by atoms with van der Waals surface area (Å²) < 4.78 is 5.94. The molecule has 0 saturated carbocycles. The number of carbonyl (C=O) groups is 2. The molecular weight excluding hydrogens is 374 g/mol. The van der Waals surface area contributed by atoms with Gasteiger partial charge in [0.25, 0.3) is 5.91 Å². The largest absolute Gasteiger partial charge is 0.380 e. The third-order valence-electron chi connectivity index (χ3n) is 2.85. The van der Waals surface area contributed by atoms with E-state index in [2.05, 4.69) is 26.6 Å². The number of halogens is 2. The molecule has 0 aliphatic heterocycles. The molecule has 8 heteroatoms. The second kappa shape index (κ2) is 11.4. The normalized spacial score (nSPS) is 11.2. The Morgan fingerprint density at radius 1 is 1.23 bits per heavy atom. The van der Waals surface area contributed by atoms with Gasteiger partial charge in [-0.1, -0.05) is 15.9 Å². The van der Waals surface area contributed by atoms with Gasteiger partial charge < -0.3 is 21.1 Å². The van der Waals surface area contributed by atoms with Crippen LogP contribution in [0.3, 0.4) is 0 Å². The smallest absolute Gasteiger partial charge is 0.251 e. The summed E-state index contributed by atoms with van der Waals surface area (Å²) in [5, 5.41) is 5.43. The van der Waals surface area contributed by atoms with Crippen LogP contribution in [0.4, 0.5) is 0 Å². The van der Waals surface area contributed by atoms with Crippen LogP contribution in [0.1, 0.15) is 16.8 Å². The van der Waals surface area contributed by atoms with Crippen LogP contribution in [0, 0.1) is 0 Å². The van der Waals surface area contributed by atoms with Crippen LogP contribution < -0.4 is 16.4 Å². The van der Waals surface area contributed by atoms with E-state index in [-0.39, 0.29) is 36.7 Å². The van der Waals surface area contributed by atoms with Gasteiger partial charge >= 0.3 is 0 Å². The predicted molar refractivity (Wildman–Crippen MR) is 91.2 cm³/mol. The highest BCUT2D eigenvalue weighted by Crippen LogP contribution is 2.10. The fraction of sp³-hybridized carbons (Fsp3) is 0.429. The minimum Gasteiger partial charge on any atom is -0.380 e. The van der Waals surface area contributed by atoms with Crippen molar-refractivity contribution >= 4 is 40.2 Å². The van der Waals surface area contributed by atoms with Crippen LogP contribution in [-0.2, 0) is 9.53 Å². The van der Waals surface area contributed by atoms with Crippen molar-refractivity contribution in [2.45, 2.75) is 12.5 Å². The lowest BCUT2D eigenvalue weighted by Crippen LogP contribution is -2.37. The van der Waals surface area contributed by atoms with Crippen LogP contribution in [0.2, 0.25) is 0 Å². The van der Waals surface area contributed by atoms with Crippen molar-refractivity contribution in [3.8, 4) is 0 Å². The van der Waals surface area contributed by atoms with Crippen molar-refractivity contribution in [2.75, 3.05) is 26.7 Å². The Kier molecular flexibility index (Phi) is 10.8. The van der Waals surface area contributed by atoms with Gasteiger partial charge in [0.1, 0.15) is 0 Å². The predicted octanol–water partition coefficient (Wildman–Crippen LogP) is 1.08. The van der Waals surface area contributed by atoms with E-state index < -0.39 is 0 Å². The molecule has 0 bridgehead atoms. The van der Waals surface area contributed by atoms with E-state index in [0.717, 1.165) is 4.47 Å². The molecule has 0 radical (unpaired) electrons. The molecule has 22 heavy (non-hydrogen) atoms. The highest BCUT2D eigenvalue weighted by molar-refractivity contribution is 9.10. The molecule has 4 N–H and O–H groups in total. The molecule has 1 aromatic carbocycles. The van der Waals surface area contributed by atoms with Crippen LogP contribution in [0.15, 0.2) is 28.7 Å². The van der Waals surface area contributed by atoms with Gasteiger partial charge in [-0.05, 0) is 24.3 Å². The summed E-state index contributed by atoms with van der Waals surface area (Å²) in [5.41, 5.74) is 6.01. The maximum Gasteiger partial charge on any atom is 0.251 e. The van der Waals surface area contributed by atoms with Gasteiger partial charge in [0.2, 0.25) is 5.91 Å². The summed E-state index contributed by atoms with van der Waals surface area (Å²) in [6.45, 7) is 1.02. The average molecular weight is 395 g/mol. The lowest BCUT2D eigenvalue weighted by molar-refractivity contribution is -0.123. The van der Waals surface area contributed by atoms with Gasteiger partial charge in [-0.15, -0.1) is 12.4 Å². The number of carbonyl (C=O) groups excluding carboxylic acids is 2. The summed E-state index contributed by atoms with van der Waals surface area (Å²) in [6, 6.07) is 7.05. The number of ether oxygens (including phenoxy) is 1. The Balaban J connectivity index is 0.00000441. The number of rotatable bonds is 8. The van der Waals surface area contributed by atoms with Gasteiger partial charge in [0.05, 0.1) is 12.5 Å². The quantitative estimate of drug-likeness (QED) is 0.575. The molecule has 124 valence electrons. The van der Waals surface area contributed by atoms with E-state index in [1.165, 1.54) is 7.11 Å². The molecule has 0 fully saturated rings. The Bertz CT molecular complexity index is 467. The number of hydrogen-bond donors (Lipinski definition) is 3. The molecule has 1 atom stereocenters. The van der Waals surface area contributed by atoms with Gasteiger partial charge in [-0.25, -0.2) is 0 Å². The Labute approximate surface area is 144 Å². The first-order chi connectivity index (χ1) is 10.1. The van der Waals surface area contributed by atoms with Crippen LogP contribution in [-0.4, -0.2) is 44.7 Å². The van der Waals surface area contributed by atoms with E-state index >= 15 is 0 Å². The second-order valence-electron chi connectivity index (χ2n) is 4.41. The van der Waals surface area contributed by atoms with Crippen LogP contribution in [0.5, 0.6) is 0 Å². The second-order valence-corrected chi connectivity index (χ2v) is 5.33. The molecule has 0 aromatic heterocycles. The Hall–Kier alpha value is -1.15. The Morgan fingerprint density at radius 3 is 2.36 bits per heavy atom. The molecule has 0 aliphatic rings. The molecule has 6 nitrogen and oxygen atoms in total. The molecule has 1 rings (SSSR count). The summed E-state index contributed by atoms with van der Waals surface area (Å²) >= 11 is 3.31. The third kappa shape index (κ3) is 7.74. The van der Waals surface area contributed by atoms with Gasteiger partial charge in [0, 0.05) is 36.8 Å². The first-order valence-electron chi connectivity index (χ1n) is 6.60. The monoisotopic (exact) mass is 393 g/mol. The lowest BCUT2D eigenvalue weighted by atomic mass is 10.2. The average Bonchev–Trinajstić information content (AvgIpc) is 2.49. The highest BCUT2D eigenvalue weighted by Gasteiger charge is 2.11. The standard InChI is InChI=1S/C14H20BrN3O3.ClH/c1-21-12(9-16)8-13(19)17-6-7-18-14(20)10-2-4-11(15)5-3-10;/h2-5,12H,6-9,16H2,1H3,(H,17,19)(H,18,20);1H. The van der Waals surface area contributed by atoms with E-state index in [1.807, 2.05) is 0 Å².